The molecule has 1 saturated heterocycles. The van der Waals surface area contributed by atoms with E-state index in [-0.39, 0.29) is 0 Å². The van der Waals surface area contributed by atoms with Gasteiger partial charge in [-0.05, 0) is 18.6 Å². The number of hydrogen-bond donors (Lipinski definition) is 2. The van der Waals surface area contributed by atoms with Crippen LogP contribution in [0.1, 0.15) is 5.56 Å². The van der Waals surface area contributed by atoms with Gasteiger partial charge in [0.05, 0.1) is 32.0 Å². The standard InChI is InChI=1S/C17H22N4O/c1-14-13-16(15-5-3-2-4-6-15)19-20-17(14)18-7-8-21-9-11-22-12-10-21/h2-6,13H,7-12H2,1H3,(H,18,20)/p+1. The maximum absolute atomic E-state index is 5.38. The Bertz CT molecular complexity index is 597. The van der Waals surface area contributed by atoms with Crippen LogP contribution in [0.15, 0.2) is 36.4 Å². The minimum atomic E-state index is 0.875. The molecule has 0 spiro atoms. The molecule has 0 unspecified atom stereocenters. The predicted octanol–water partition coefficient (Wildman–Crippen LogP) is 0.779. The Morgan fingerprint density at radius 3 is 2.64 bits per heavy atom. The lowest BCUT2D eigenvalue weighted by molar-refractivity contribution is -0.906. The molecule has 1 aromatic carbocycles. The SMILES string of the molecule is Cc1cc(-c2ccccc2)nnc1NCC[NH+]1CCOCC1. The molecule has 1 aliphatic heterocycles. The van der Waals surface area contributed by atoms with Gasteiger partial charge in [0.1, 0.15) is 13.1 Å². The summed E-state index contributed by atoms with van der Waals surface area (Å²) in [5, 5.41) is 12.1. The molecule has 1 aliphatic rings. The fourth-order valence-corrected chi connectivity index (χ4v) is 2.68. The minimum Gasteiger partial charge on any atom is -0.370 e. The van der Waals surface area contributed by atoms with Gasteiger partial charge in [0, 0.05) is 5.56 Å². The zero-order chi connectivity index (χ0) is 15.2. The summed E-state index contributed by atoms with van der Waals surface area (Å²) in [4.78, 5) is 1.59. The van der Waals surface area contributed by atoms with Crippen molar-refractivity contribution in [1.82, 2.24) is 10.2 Å². The average Bonchev–Trinajstić information content (AvgIpc) is 2.58. The second-order valence-electron chi connectivity index (χ2n) is 5.67. The van der Waals surface area contributed by atoms with Gasteiger partial charge in [0.2, 0.25) is 0 Å². The van der Waals surface area contributed by atoms with E-state index in [1.165, 1.54) is 0 Å². The Balaban J connectivity index is 1.58. The van der Waals surface area contributed by atoms with Crippen molar-refractivity contribution < 1.29 is 9.64 Å². The molecule has 1 aromatic heterocycles. The fourth-order valence-electron chi connectivity index (χ4n) is 2.68. The summed E-state index contributed by atoms with van der Waals surface area (Å²) >= 11 is 0. The average molecular weight is 299 g/mol. The maximum Gasteiger partial charge on any atom is 0.151 e. The largest absolute Gasteiger partial charge is 0.370 e. The van der Waals surface area contributed by atoms with Gasteiger partial charge in [-0.25, -0.2) is 0 Å². The van der Waals surface area contributed by atoms with E-state index in [2.05, 4.69) is 40.6 Å². The van der Waals surface area contributed by atoms with E-state index in [1.807, 2.05) is 18.2 Å². The molecule has 2 aromatic rings. The quantitative estimate of drug-likeness (QED) is 0.857. The number of nitrogens with one attached hydrogen (secondary N) is 2. The molecular weight excluding hydrogens is 276 g/mol. The number of anilines is 1. The molecule has 0 atom stereocenters. The van der Waals surface area contributed by atoms with Crippen LogP contribution in [-0.4, -0.2) is 49.6 Å². The monoisotopic (exact) mass is 299 g/mol. The Hall–Kier alpha value is -1.98. The second kappa shape index (κ2) is 7.33. The number of aryl methyl sites for hydroxylation is 1. The maximum atomic E-state index is 5.38. The van der Waals surface area contributed by atoms with Crippen LogP contribution in [-0.2, 0) is 4.74 Å². The van der Waals surface area contributed by atoms with Crippen molar-refractivity contribution in [2.75, 3.05) is 44.7 Å². The number of nitrogens with zero attached hydrogens (tertiary/aromatic N) is 2. The first-order valence-electron chi connectivity index (χ1n) is 7.88. The highest BCUT2D eigenvalue weighted by atomic mass is 16.5. The lowest BCUT2D eigenvalue weighted by atomic mass is 10.1. The highest BCUT2D eigenvalue weighted by molar-refractivity contribution is 5.61. The van der Waals surface area contributed by atoms with Gasteiger partial charge in [0.15, 0.2) is 5.82 Å². The van der Waals surface area contributed by atoms with Crippen LogP contribution in [0.2, 0.25) is 0 Å². The van der Waals surface area contributed by atoms with E-state index >= 15 is 0 Å². The Labute approximate surface area is 131 Å². The molecule has 3 rings (SSSR count). The molecular formula is C17H23N4O+. The molecule has 5 nitrogen and oxygen atoms in total. The van der Waals surface area contributed by atoms with Gasteiger partial charge >= 0.3 is 0 Å². The van der Waals surface area contributed by atoms with E-state index in [9.17, 15) is 0 Å². The molecule has 2 heterocycles. The predicted molar refractivity (Wildman–Crippen MR) is 87.1 cm³/mol. The van der Waals surface area contributed by atoms with Crippen molar-refractivity contribution in [2.24, 2.45) is 0 Å². The molecule has 0 radical (unpaired) electrons. The van der Waals surface area contributed by atoms with E-state index in [4.69, 9.17) is 4.74 Å². The first kappa shape index (κ1) is 14.9. The summed E-state index contributed by atoms with van der Waals surface area (Å²) < 4.78 is 5.38. The molecule has 1 fully saturated rings. The van der Waals surface area contributed by atoms with Gasteiger partial charge in [-0.3, -0.25) is 0 Å². The third kappa shape index (κ3) is 3.81. The first-order valence-corrected chi connectivity index (χ1v) is 7.88. The third-order valence-corrected chi connectivity index (χ3v) is 4.02. The van der Waals surface area contributed by atoms with Crippen LogP contribution in [0.3, 0.4) is 0 Å². The summed E-state index contributed by atoms with van der Waals surface area (Å²) in [7, 11) is 0. The van der Waals surface area contributed by atoms with E-state index in [0.29, 0.717) is 0 Å². The fraction of sp³-hybridized carbons (Fsp3) is 0.412. The number of quaternary nitrogens is 1. The van der Waals surface area contributed by atoms with Crippen molar-refractivity contribution in [3.8, 4) is 11.3 Å². The van der Waals surface area contributed by atoms with Crippen molar-refractivity contribution in [2.45, 2.75) is 6.92 Å². The summed E-state index contributed by atoms with van der Waals surface area (Å²) in [5.74, 6) is 0.882. The first-order chi connectivity index (χ1) is 10.8. The van der Waals surface area contributed by atoms with Crippen LogP contribution >= 0.6 is 0 Å². The summed E-state index contributed by atoms with van der Waals surface area (Å²) in [6.45, 7) is 8.02. The summed E-state index contributed by atoms with van der Waals surface area (Å²) in [6.07, 6.45) is 0. The van der Waals surface area contributed by atoms with Gasteiger partial charge in [0.25, 0.3) is 0 Å². The lowest BCUT2D eigenvalue weighted by Crippen LogP contribution is -3.14. The zero-order valence-electron chi connectivity index (χ0n) is 13.0. The summed E-state index contributed by atoms with van der Waals surface area (Å²) in [6, 6.07) is 12.2. The molecule has 2 N–H and O–H groups in total. The number of benzene rings is 1. The van der Waals surface area contributed by atoms with Crippen LogP contribution in [0.5, 0.6) is 0 Å². The minimum absolute atomic E-state index is 0.875. The Morgan fingerprint density at radius 1 is 1.14 bits per heavy atom. The molecule has 0 bridgehead atoms. The van der Waals surface area contributed by atoms with Gasteiger partial charge in [-0.1, -0.05) is 30.3 Å². The van der Waals surface area contributed by atoms with Crippen molar-refractivity contribution >= 4 is 5.82 Å². The number of ether oxygens (including phenoxy) is 1. The Morgan fingerprint density at radius 2 is 1.91 bits per heavy atom. The molecule has 0 saturated carbocycles. The van der Waals surface area contributed by atoms with Gasteiger partial charge < -0.3 is 15.0 Å². The molecule has 22 heavy (non-hydrogen) atoms. The lowest BCUT2D eigenvalue weighted by Gasteiger charge is -2.23. The highest BCUT2D eigenvalue weighted by Crippen LogP contribution is 2.19. The number of morpholine rings is 1. The smallest absolute Gasteiger partial charge is 0.151 e. The van der Waals surface area contributed by atoms with E-state index < -0.39 is 0 Å². The van der Waals surface area contributed by atoms with Gasteiger partial charge in [-0.15, -0.1) is 10.2 Å². The van der Waals surface area contributed by atoms with E-state index in [1.54, 1.807) is 4.90 Å². The molecule has 0 aliphatic carbocycles. The number of rotatable bonds is 5. The molecule has 5 heteroatoms. The number of aromatic nitrogens is 2. The summed E-state index contributed by atoms with van der Waals surface area (Å²) in [5.41, 5.74) is 3.15. The van der Waals surface area contributed by atoms with E-state index in [0.717, 1.165) is 62.0 Å². The van der Waals surface area contributed by atoms with Crippen LogP contribution < -0.4 is 10.2 Å². The van der Waals surface area contributed by atoms with Crippen LogP contribution in [0.4, 0.5) is 5.82 Å². The normalized spacial score (nSPS) is 15.7. The van der Waals surface area contributed by atoms with Gasteiger partial charge in [-0.2, -0.15) is 0 Å². The van der Waals surface area contributed by atoms with Crippen molar-refractivity contribution in [1.29, 1.82) is 0 Å². The number of hydrogen-bond acceptors (Lipinski definition) is 4. The van der Waals surface area contributed by atoms with Crippen molar-refractivity contribution in [3.05, 3.63) is 42.0 Å². The zero-order valence-corrected chi connectivity index (χ0v) is 13.0. The Kier molecular flexibility index (Phi) is 4.98. The van der Waals surface area contributed by atoms with Crippen molar-refractivity contribution in [3.63, 3.8) is 0 Å². The second-order valence-corrected chi connectivity index (χ2v) is 5.67. The topological polar surface area (TPSA) is 51.5 Å². The third-order valence-electron chi connectivity index (χ3n) is 4.02. The molecule has 116 valence electrons. The van der Waals surface area contributed by atoms with Crippen LogP contribution in [0.25, 0.3) is 11.3 Å². The molecule has 0 amide bonds. The highest BCUT2D eigenvalue weighted by Gasteiger charge is 2.13. The van der Waals surface area contributed by atoms with Crippen LogP contribution in [0, 0.1) is 6.92 Å².